The monoisotopic (exact) mass is 216 g/mol. The maximum atomic E-state index is 11.8. The molecule has 1 aromatic rings. The zero-order chi connectivity index (χ0) is 11.9. The summed E-state index contributed by atoms with van der Waals surface area (Å²) in [5.74, 6) is -2.64. The van der Waals surface area contributed by atoms with E-state index in [4.69, 9.17) is 0 Å². The van der Waals surface area contributed by atoms with Gasteiger partial charge in [-0.05, 0) is 6.92 Å². The Kier molecular flexibility index (Phi) is 2.20. The first kappa shape index (κ1) is 10.3. The number of allylic oxidation sites excluding steroid dienone is 2. The molecule has 0 fully saturated rings. The molecule has 1 aromatic carbocycles. The number of ketones is 3. The summed E-state index contributed by atoms with van der Waals surface area (Å²) in [6.07, 6.45) is 0. The van der Waals surface area contributed by atoms with E-state index in [1.165, 1.54) is 12.1 Å². The van der Waals surface area contributed by atoms with Gasteiger partial charge in [-0.15, -0.1) is 0 Å². The largest absolute Gasteiger partial charge is 0.504 e. The number of benzene rings is 1. The SMILES string of the molecule is CC(=O)C1=C(O)C(=O)c2ccccc2C1=O. The van der Waals surface area contributed by atoms with Gasteiger partial charge in [0.15, 0.2) is 11.5 Å². The molecule has 0 saturated heterocycles. The van der Waals surface area contributed by atoms with Crippen LogP contribution >= 0.6 is 0 Å². The van der Waals surface area contributed by atoms with Crippen molar-refractivity contribution in [2.24, 2.45) is 0 Å². The lowest BCUT2D eigenvalue weighted by Gasteiger charge is -2.15. The van der Waals surface area contributed by atoms with E-state index in [0.717, 1.165) is 6.92 Å². The van der Waals surface area contributed by atoms with Gasteiger partial charge in [-0.3, -0.25) is 14.4 Å². The summed E-state index contributed by atoms with van der Waals surface area (Å²) in [7, 11) is 0. The molecule has 0 aromatic heterocycles. The summed E-state index contributed by atoms with van der Waals surface area (Å²) < 4.78 is 0. The van der Waals surface area contributed by atoms with Gasteiger partial charge in [-0.25, -0.2) is 0 Å². The number of hydrogen-bond donors (Lipinski definition) is 1. The second-order valence-electron chi connectivity index (χ2n) is 3.48. The zero-order valence-corrected chi connectivity index (χ0v) is 8.48. The number of aliphatic hydroxyl groups excluding tert-OH is 1. The van der Waals surface area contributed by atoms with E-state index in [1.807, 2.05) is 0 Å². The van der Waals surface area contributed by atoms with Crippen LogP contribution in [0.2, 0.25) is 0 Å². The van der Waals surface area contributed by atoms with Crippen molar-refractivity contribution < 1.29 is 19.5 Å². The molecule has 0 saturated carbocycles. The quantitative estimate of drug-likeness (QED) is 0.721. The van der Waals surface area contributed by atoms with Crippen molar-refractivity contribution in [3.8, 4) is 0 Å². The van der Waals surface area contributed by atoms with Gasteiger partial charge in [0.25, 0.3) is 0 Å². The molecule has 4 heteroatoms. The van der Waals surface area contributed by atoms with Gasteiger partial charge < -0.3 is 5.11 Å². The van der Waals surface area contributed by atoms with Gasteiger partial charge >= 0.3 is 0 Å². The Labute approximate surface area is 91.2 Å². The number of carbonyl (C=O) groups excluding carboxylic acids is 3. The highest BCUT2D eigenvalue weighted by molar-refractivity contribution is 6.35. The third-order valence-corrected chi connectivity index (χ3v) is 2.45. The van der Waals surface area contributed by atoms with Crippen molar-refractivity contribution in [1.29, 1.82) is 0 Å². The van der Waals surface area contributed by atoms with Crippen molar-refractivity contribution in [2.45, 2.75) is 6.92 Å². The topological polar surface area (TPSA) is 71.4 Å². The zero-order valence-electron chi connectivity index (χ0n) is 8.48. The molecule has 0 amide bonds. The van der Waals surface area contributed by atoms with Crippen LogP contribution in [0, 0.1) is 0 Å². The Bertz CT molecular complexity index is 552. The average molecular weight is 216 g/mol. The van der Waals surface area contributed by atoms with E-state index in [0.29, 0.717) is 0 Å². The third kappa shape index (κ3) is 1.27. The fourth-order valence-electron chi connectivity index (χ4n) is 1.69. The molecule has 0 aliphatic heterocycles. The van der Waals surface area contributed by atoms with Crippen molar-refractivity contribution in [3.63, 3.8) is 0 Å². The van der Waals surface area contributed by atoms with Gasteiger partial charge in [-0.1, -0.05) is 24.3 Å². The van der Waals surface area contributed by atoms with Gasteiger partial charge in [0.05, 0.1) is 0 Å². The minimum atomic E-state index is -0.754. The maximum Gasteiger partial charge on any atom is 0.228 e. The minimum Gasteiger partial charge on any atom is -0.504 e. The van der Waals surface area contributed by atoms with Crippen LogP contribution in [-0.2, 0) is 4.79 Å². The molecule has 1 aliphatic rings. The molecular weight excluding hydrogens is 208 g/mol. The van der Waals surface area contributed by atoms with Gasteiger partial charge in [0.2, 0.25) is 11.6 Å². The molecule has 16 heavy (non-hydrogen) atoms. The number of fused-ring (bicyclic) bond motifs is 1. The number of aliphatic hydroxyl groups is 1. The standard InChI is InChI=1S/C12H8O4/c1-6(13)9-10(14)7-4-2-3-5-8(7)11(15)12(9)16/h2-5,16H,1H3. The summed E-state index contributed by atoms with van der Waals surface area (Å²) in [5, 5.41) is 9.51. The van der Waals surface area contributed by atoms with Crippen LogP contribution < -0.4 is 0 Å². The minimum absolute atomic E-state index is 0.134. The molecule has 2 rings (SSSR count). The van der Waals surface area contributed by atoms with Gasteiger partial charge in [0.1, 0.15) is 5.57 Å². The molecule has 0 atom stereocenters. The van der Waals surface area contributed by atoms with Crippen LogP contribution in [-0.4, -0.2) is 22.5 Å². The van der Waals surface area contributed by atoms with E-state index in [1.54, 1.807) is 12.1 Å². The number of hydrogen-bond acceptors (Lipinski definition) is 4. The van der Waals surface area contributed by atoms with Crippen molar-refractivity contribution in [3.05, 3.63) is 46.7 Å². The van der Waals surface area contributed by atoms with Gasteiger partial charge in [-0.2, -0.15) is 0 Å². The number of Topliss-reactive ketones (excluding diaryl/α,β-unsaturated/α-hetero) is 3. The van der Waals surface area contributed by atoms with E-state index in [-0.39, 0.29) is 11.1 Å². The van der Waals surface area contributed by atoms with E-state index < -0.39 is 28.7 Å². The van der Waals surface area contributed by atoms with Crippen LogP contribution in [0.5, 0.6) is 0 Å². The van der Waals surface area contributed by atoms with E-state index >= 15 is 0 Å². The highest BCUT2D eigenvalue weighted by Crippen LogP contribution is 2.25. The first-order valence-corrected chi connectivity index (χ1v) is 4.66. The lowest BCUT2D eigenvalue weighted by Crippen LogP contribution is -2.25. The maximum absolute atomic E-state index is 11.8. The molecule has 1 aliphatic carbocycles. The lowest BCUT2D eigenvalue weighted by molar-refractivity contribution is -0.113. The summed E-state index contributed by atoms with van der Waals surface area (Å²) in [6, 6.07) is 6.11. The molecule has 0 spiro atoms. The van der Waals surface area contributed by atoms with Crippen molar-refractivity contribution >= 4 is 17.3 Å². The summed E-state index contributed by atoms with van der Waals surface area (Å²) in [5.41, 5.74) is -0.130. The first-order chi connectivity index (χ1) is 7.54. The highest BCUT2D eigenvalue weighted by atomic mass is 16.3. The van der Waals surface area contributed by atoms with Crippen LogP contribution in [0.25, 0.3) is 0 Å². The molecule has 0 unspecified atom stereocenters. The second-order valence-corrected chi connectivity index (χ2v) is 3.48. The Balaban J connectivity index is 2.73. The van der Waals surface area contributed by atoms with Crippen molar-refractivity contribution in [2.75, 3.05) is 0 Å². The molecule has 1 N–H and O–H groups in total. The Morgan fingerprint density at radius 2 is 1.56 bits per heavy atom. The predicted octanol–water partition coefficient (Wildman–Crippen LogP) is 1.47. The number of rotatable bonds is 1. The Morgan fingerprint density at radius 1 is 1.06 bits per heavy atom. The predicted molar refractivity (Wildman–Crippen MR) is 55.4 cm³/mol. The van der Waals surface area contributed by atoms with Crippen LogP contribution in [0.1, 0.15) is 27.6 Å². The Hall–Kier alpha value is -2.23. The molecule has 80 valence electrons. The third-order valence-electron chi connectivity index (χ3n) is 2.45. The smallest absolute Gasteiger partial charge is 0.228 e. The lowest BCUT2D eigenvalue weighted by atomic mass is 9.87. The summed E-state index contributed by atoms with van der Waals surface area (Å²) in [6.45, 7) is 1.14. The Morgan fingerprint density at radius 3 is 2.06 bits per heavy atom. The van der Waals surface area contributed by atoms with Gasteiger partial charge in [0, 0.05) is 11.1 Å². The fraction of sp³-hybridized carbons (Fsp3) is 0.0833. The summed E-state index contributed by atoms with van der Waals surface area (Å²) in [4.78, 5) is 34.7. The fourth-order valence-corrected chi connectivity index (χ4v) is 1.69. The molecule has 0 heterocycles. The van der Waals surface area contributed by atoms with Crippen LogP contribution in [0.15, 0.2) is 35.6 Å². The molecule has 4 nitrogen and oxygen atoms in total. The second kappa shape index (κ2) is 3.41. The summed E-state index contributed by atoms with van der Waals surface area (Å²) >= 11 is 0. The van der Waals surface area contributed by atoms with Crippen LogP contribution in [0.4, 0.5) is 0 Å². The van der Waals surface area contributed by atoms with Crippen LogP contribution in [0.3, 0.4) is 0 Å². The first-order valence-electron chi connectivity index (χ1n) is 4.66. The molecular formula is C12H8O4. The molecule has 0 bridgehead atoms. The average Bonchev–Trinajstić information content (AvgIpc) is 2.26. The van der Waals surface area contributed by atoms with Crippen molar-refractivity contribution in [1.82, 2.24) is 0 Å². The van der Waals surface area contributed by atoms with E-state index in [2.05, 4.69) is 0 Å². The number of carbonyl (C=O) groups is 3. The highest BCUT2D eigenvalue weighted by Gasteiger charge is 2.33. The van der Waals surface area contributed by atoms with E-state index in [9.17, 15) is 19.5 Å². The molecule has 0 radical (unpaired) electrons. The normalized spacial score (nSPS) is 15.1.